The van der Waals surface area contributed by atoms with Crippen molar-refractivity contribution < 1.29 is 4.42 Å². The van der Waals surface area contributed by atoms with Crippen LogP contribution in [0.2, 0.25) is 0 Å². The second-order valence-corrected chi connectivity index (χ2v) is 5.92. The molecule has 2 heterocycles. The first-order valence-electron chi connectivity index (χ1n) is 7.48. The number of hydrogen-bond donors (Lipinski definition) is 1. The van der Waals surface area contributed by atoms with Crippen LogP contribution >= 0.6 is 0 Å². The molecule has 1 aromatic carbocycles. The fourth-order valence-electron chi connectivity index (χ4n) is 2.97. The monoisotopic (exact) mass is 273 g/mol. The normalized spacial score (nSPS) is 19.6. The maximum Gasteiger partial charge on any atom is 0.198 e. The Morgan fingerprint density at radius 2 is 2.15 bits per heavy atom. The molecule has 1 aliphatic rings. The number of nitrogens with two attached hydrogens (primary N) is 1. The first-order valence-corrected chi connectivity index (χ1v) is 7.48. The molecule has 3 rings (SSSR count). The predicted octanol–water partition coefficient (Wildman–Crippen LogP) is 2.66. The zero-order valence-corrected chi connectivity index (χ0v) is 12.3. The van der Waals surface area contributed by atoms with Gasteiger partial charge in [0, 0.05) is 18.5 Å². The largest absolute Gasteiger partial charge is 0.440 e. The molecule has 1 unspecified atom stereocenters. The second kappa shape index (κ2) is 5.54. The van der Waals surface area contributed by atoms with E-state index in [9.17, 15) is 0 Å². The van der Waals surface area contributed by atoms with Gasteiger partial charge in [-0.05, 0) is 57.5 Å². The summed E-state index contributed by atoms with van der Waals surface area (Å²) in [7, 11) is 0. The van der Waals surface area contributed by atoms with E-state index in [1.807, 2.05) is 6.07 Å². The van der Waals surface area contributed by atoms with Gasteiger partial charge in [-0.15, -0.1) is 0 Å². The lowest BCUT2D eigenvalue weighted by Gasteiger charge is -2.34. The van der Waals surface area contributed by atoms with E-state index in [1.54, 1.807) is 0 Å². The van der Waals surface area contributed by atoms with Crippen molar-refractivity contribution in [2.24, 2.45) is 5.73 Å². The van der Waals surface area contributed by atoms with E-state index in [-0.39, 0.29) is 0 Å². The molecule has 0 saturated carbocycles. The Morgan fingerprint density at radius 1 is 1.40 bits per heavy atom. The Morgan fingerprint density at radius 3 is 2.85 bits per heavy atom. The summed E-state index contributed by atoms with van der Waals surface area (Å²) >= 11 is 0. The second-order valence-electron chi connectivity index (χ2n) is 5.92. The fourth-order valence-corrected chi connectivity index (χ4v) is 2.97. The van der Waals surface area contributed by atoms with Crippen LogP contribution in [0.15, 0.2) is 22.6 Å². The lowest BCUT2D eigenvalue weighted by Crippen LogP contribution is -2.43. The van der Waals surface area contributed by atoms with Crippen molar-refractivity contribution in [2.75, 3.05) is 19.6 Å². The standard InChI is InChI=1S/C16H23N3O/c1-11-3-4-15-14(9-11)18-16(20-15)13-5-7-19(8-6-13)12(2)10-17/h3-4,9,12-13H,5-8,10,17H2,1-2H3. The Balaban J connectivity index is 1.73. The maximum atomic E-state index is 5.93. The molecular weight excluding hydrogens is 250 g/mol. The molecule has 2 aromatic rings. The molecule has 108 valence electrons. The third kappa shape index (κ3) is 2.58. The molecule has 0 bridgehead atoms. The predicted molar refractivity (Wildman–Crippen MR) is 80.8 cm³/mol. The van der Waals surface area contributed by atoms with Crippen LogP contribution in [0.3, 0.4) is 0 Å². The SMILES string of the molecule is Cc1ccc2oc(C3CCN(C(C)CN)CC3)nc2c1. The van der Waals surface area contributed by atoms with Gasteiger partial charge in [-0.1, -0.05) is 6.07 Å². The molecule has 1 atom stereocenters. The minimum Gasteiger partial charge on any atom is -0.440 e. The summed E-state index contributed by atoms with van der Waals surface area (Å²) in [6, 6.07) is 6.66. The number of fused-ring (bicyclic) bond motifs is 1. The van der Waals surface area contributed by atoms with Crippen molar-refractivity contribution in [1.29, 1.82) is 0 Å². The minimum absolute atomic E-state index is 0.448. The molecular formula is C16H23N3O. The Bertz CT molecular complexity index is 584. The van der Waals surface area contributed by atoms with Crippen molar-refractivity contribution >= 4 is 11.1 Å². The Labute approximate surface area is 120 Å². The minimum atomic E-state index is 0.448. The average Bonchev–Trinajstić information content (AvgIpc) is 2.89. The van der Waals surface area contributed by atoms with Gasteiger partial charge < -0.3 is 10.2 Å². The molecule has 1 saturated heterocycles. The summed E-state index contributed by atoms with van der Waals surface area (Å²) in [6.07, 6.45) is 2.21. The molecule has 2 N–H and O–H groups in total. The van der Waals surface area contributed by atoms with Crippen LogP contribution in [0, 0.1) is 6.92 Å². The number of likely N-dealkylation sites (tertiary alicyclic amines) is 1. The van der Waals surface area contributed by atoms with Gasteiger partial charge >= 0.3 is 0 Å². The van der Waals surface area contributed by atoms with E-state index < -0.39 is 0 Å². The van der Waals surface area contributed by atoms with Gasteiger partial charge in [-0.25, -0.2) is 4.98 Å². The number of piperidine rings is 1. The van der Waals surface area contributed by atoms with Crippen LogP contribution < -0.4 is 5.73 Å². The van der Waals surface area contributed by atoms with Gasteiger partial charge in [0.05, 0.1) is 0 Å². The average molecular weight is 273 g/mol. The molecule has 0 aliphatic carbocycles. The van der Waals surface area contributed by atoms with Crippen LogP contribution in [0.4, 0.5) is 0 Å². The lowest BCUT2D eigenvalue weighted by molar-refractivity contribution is 0.158. The molecule has 20 heavy (non-hydrogen) atoms. The third-order valence-corrected chi connectivity index (χ3v) is 4.40. The van der Waals surface area contributed by atoms with E-state index in [1.165, 1.54) is 5.56 Å². The van der Waals surface area contributed by atoms with Crippen molar-refractivity contribution in [3.8, 4) is 0 Å². The van der Waals surface area contributed by atoms with Gasteiger partial charge in [0.15, 0.2) is 11.5 Å². The Kier molecular flexibility index (Phi) is 3.76. The fraction of sp³-hybridized carbons (Fsp3) is 0.562. The van der Waals surface area contributed by atoms with Crippen molar-refractivity contribution in [2.45, 2.75) is 38.6 Å². The first kappa shape index (κ1) is 13.6. The van der Waals surface area contributed by atoms with E-state index in [0.29, 0.717) is 12.0 Å². The highest BCUT2D eigenvalue weighted by Gasteiger charge is 2.26. The zero-order valence-electron chi connectivity index (χ0n) is 12.3. The number of oxazole rings is 1. The van der Waals surface area contributed by atoms with Gasteiger partial charge in [0.2, 0.25) is 0 Å². The van der Waals surface area contributed by atoms with E-state index in [0.717, 1.165) is 49.5 Å². The summed E-state index contributed by atoms with van der Waals surface area (Å²) in [6.45, 7) is 7.18. The van der Waals surface area contributed by atoms with Crippen molar-refractivity contribution in [3.05, 3.63) is 29.7 Å². The summed E-state index contributed by atoms with van der Waals surface area (Å²) in [5.74, 6) is 1.36. The summed E-state index contributed by atoms with van der Waals surface area (Å²) in [5, 5.41) is 0. The molecule has 1 fully saturated rings. The maximum absolute atomic E-state index is 5.93. The topological polar surface area (TPSA) is 55.3 Å². The molecule has 0 spiro atoms. The summed E-state index contributed by atoms with van der Waals surface area (Å²) in [5.41, 5.74) is 8.86. The summed E-state index contributed by atoms with van der Waals surface area (Å²) < 4.78 is 5.93. The van der Waals surface area contributed by atoms with Crippen LogP contribution in [-0.4, -0.2) is 35.6 Å². The summed E-state index contributed by atoms with van der Waals surface area (Å²) in [4.78, 5) is 7.14. The molecule has 4 heteroatoms. The number of rotatable bonds is 3. The molecule has 0 radical (unpaired) electrons. The van der Waals surface area contributed by atoms with Crippen LogP contribution in [0.1, 0.15) is 37.1 Å². The van der Waals surface area contributed by atoms with Gasteiger partial charge in [0.1, 0.15) is 5.52 Å². The van der Waals surface area contributed by atoms with Crippen molar-refractivity contribution in [1.82, 2.24) is 9.88 Å². The number of benzene rings is 1. The number of nitrogens with zero attached hydrogens (tertiary/aromatic N) is 2. The molecule has 1 aliphatic heterocycles. The molecule has 1 aromatic heterocycles. The smallest absolute Gasteiger partial charge is 0.198 e. The van der Waals surface area contributed by atoms with Crippen molar-refractivity contribution in [3.63, 3.8) is 0 Å². The van der Waals surface area contributed by atoms with E-state index >= 15 is 0 Å². The molecule has 0 amide bonds. The first-order chi connectivity index (χ1) is 9.67. The van der Waals surface area contributed by atoms with E-state index in [2.05, 4.69) is 35.9 Å². The van der Waals surface area contributed by atoms with Gasteiger partial charge in [-0.3, -0.25) is 4.90 Å². The number of aryl methyl sites for hydroxylation is 1. The third-order valence-electron chi connectivity index (χ3n) is 4.40. The van der Waals surface area contributed by atoms with Gasteiger partial charge in [0.25, 0.3) is 0 Å². The lowest BCUT2D eigenvalue weighted by atomic mass is 9.96. The highest BCUT2D eigenvalue weighted by molar-refractivity contribution is 5.73. The molecule has 4 nitrogen and oxygen atoms in total. The Hall–Kier alpha value is -1.39. The quantitative estimate of drug-likeness (QED) is 0.934. The highest BCUT2D eigenvalue weighted by atomic mass is 16.3. The van der Waals surface area contributed by atoms with E-state index in [4.69, 9.17) is 10.2 Å². The zero-order chi connectivity index (χ0) is 14.1. The van der Waals surface area contributed by atoms with Crippen LogP contribution in [0.25, 0.3) is 11.1 Å². The van der Waals surface area contributed by atoms with Gasteiger partial charge in [-0.2, -0.15) is 0 Å². The number of hydrogen-bond acceptors (Lipinski definition) is 4. The van der Waals surface area contributed by atoms with Crippen LogP contribution in [-0.2, 0) is 0 Å². The number of aromatic nitrogens is 1. The highest BCUT2D eigenvalue weighted by Crippen LogP contribution is 2.30. The van der Waals surface area contributed by atoms with Crippen LogP contribution in [0.5, 0.6) is 0 Å².